The topological polar surface area (TPSA) is 133 Å². The third-order valence-corrected chi connectivity index (χ3v) is 8.72. The molecule has 0 spiro atoms. The summed E-state index contributed by atoms with van der Waals surface area (Å²) in [6, 6.07) is 5.79. The van der Waals surface area contributed by atoms with Gasteiger partial charge in [-0.25, -0.2) is 14.6 Å². The highest BCUT2D eigenvalue weighted by atomic mass is 28.3. The van der Waals surface area contributed by atoms with Crippen LogP contribution in [-0.2, 0) is 25.7 Å². The first-order chi connectivity index (χ1) is 19.6. The van der Waals surface area contributed by atoms with Crippen LogP contribution >= 0.6 is 0 Å². The number of fused-ring (bicyclic) bond motifs is 4. The molecule has 0 saturated heterocycles. The van der Waals surface area contributed by atoms with Crippen molar-refractivity contribution in [2.24, 2.45) is 5.92 Å². The second kappa shape index (κ2) is 13.7. The fraction of sp³-hybridized carbons (Fsp3) is 0.600. The largest absolute Gasteiger partial charge is 0.453 e. The number of carbonyl (C=O) groups excluding carboxylic acids is 3. The van der Waals surface area contributed by atoms with Crippen molar-refractivity contribution in [3.8, 4) is 11.3 Å². The molecule has 0 saturated carbocycles. The number of imidazole rings is 1. The van der Waals surface area contributed by atoms with E-state index in [0.29, 0.717) is 54.3 Å². The van der Waals surface area contributed by atoms with Crippen molar-refractivity contribution in [2.75, 3.05) is 24.4 Å². The molecule has 12 heteroatoms. The molecule has 1 aliphatic heterocycles. The Morgan fingerprint density at radius 2 is 1.88 bits per heavy atom. The van der Waals surface area contributed by atoms with Gasteiger partial charge in [0, 0.05) is 37.5 Å². The quantitative estimate of drug-likeness (QED) is 0.238. The standard InChI is InChI=1S/C30H47N5O6Si/c1-19-11-10-12-23(33-29(38)41-30(3,4)5)26-34-25(20(2)35(26)18-40-15-16-42(7,8)9)22-14-13-21(31-28(37)39-6)17-24(22)32-27(19)36/h13-14,17,19,23H,10-12,15-16,18H2,1-9H3,(H,31,37)(H,32,36)(H,33,38)/t19-,23+/m1/s1. The average molecular weight is 602 g/mol. The zero-order chi connectivity index (χ0) is 31.2. The monoisotopic (exact) mass is 601 g/mol. The molecule has 11 nitrogen and oxygen atoms in total. The zero-order valence-corrected chi connectivity index (χ0v) is 27.5. The van der Waals surface area contributed by atoms with E-state index >= 15 is 0 Å². The Kier molecular flexibility index (Phi) is 10.8. The third kappa shape index (κ3) is 9.31. The number of anilines is 2. The van der Waals surface area contributed by atoms with Crippen LogP contribution in [0.2, 0.25) is 25.7 Å². The third-order valence-electron chi connectivity index (χ3n) is 7.01. The van der Waals surface area contributed by atoms with E-state index in [1.165, 1.54) is 7.11 Å². The Bertz CT molecular complexity index is 1280. The number of carbonyl (C=O) groups is 3. The number of methoxy groups -OCH3 is 1. The summed E-state index contributed by atoms with van der Waals surface area (Å²) in [5.74, 6) is 0.228. The number of amides is 3. The Morgan fingerprint density at radius 3 is 2.52 bits per heavy atom. The molecule has 42 heavy (non-hydrogen) atoms. The minimum absolute atomic E-state index is 0.143. The number of hydrogen-bond acceptors (Lipinski definition) is 7. The van der Waals surface area contributed by atoms with Crippen LogP contribution in [0, 0.1) is 12.8 Å². The highest BCUT2D eigenvalue weighted by Crippen LogP contribution is 2.36. The maximum absolute atomic E-state index is 13.2. The van der Waals surface area contributed by atoms with Crippen molar-refractivity contribution >= 4 is 37.5 Å². The van der Waals surface area contributed by atoms with Crippen LogP contribution in [-0.4, -0.2) is 55.0 Å². The van der Waals surface area contributed by atoms with Crippen molar-refractivity contribution in [2.45, 2.75) is 97.9 Å². The average Bonchev–Trinajstić information content (AvgIpc) is 3.19. The molecule has 0 fully saturated rings. The van der Waals surface area contributed by atoms with Crippen molar-refractivity contribution in [3.05, 3.63) is 29.7 Å². The SMILES string of the molecule is COC(=O)Nc1ccc2c(c1)NC(=O)[C@H](C)CCC[C@H](NC(=O)OC(C)(C)C)c1nc-2c(C)n1COCC[Si](C)(C)C. The van der Waals surface area contributed by atoms with E-state index in [4.69, 9.17) is 19.2 Å². The van der Waals surface area contributed by atoms with Gasteiger partial charge in [0.15, 0.2) is 0 Å². The zero-order valence-electron chi connectivity index (χ0n) is 26.5. The van der Waals surface area contributed by atoms with Gasteiger partial charge in [-0.3, -0.25) is 10.1 Å². The number of nitrogens with zero attached hydrogens (tertiary/aromatic N) is 2. The molecule has 1 aliphatic rings. The van der Waals surface area contributed by atoms with Crippen molar-refractivity contribution in [1.82, 2.24) is 14.9 Å². The number of benzene rings is 1. The van der Waals surface area contributed by atoms with Crippen LogP contribution < -0.4 is 16.0 Å². The lowest BCUT2D eigenvalue weighted by Crippen LogP contribution is -2.36. The summed E-state index contributed by atoms with van der Waals surface area (Å²) in [5.41, 5.74) is 2.47. The van der Waals surface area contributed by atoms with Gasteiger partial charge in [0.05, 0.1) is 24.5 Å². The predicted octanol–water partition coefficient (Wildman–Crippen LogP) is 6.67. The molecule has 2 aromatic rings. The molecule has 2 atom stereocenters. The summed E-state index contributed by atoms with van der Waals surface area (Å²) in [6.45, 7) is 17.1. The maximum Gasteiger partial charge on any atom is 0.411 e. The molecule has 1 aromatic carbocycles. The molecule has 1 aromatic heterocycles. The van der Waals surface area contributed by atoms with Crippen LogP contribution in [0.1, 0.15) is 64.5 Å². The summed E-state index contributed by atoms with van der Waals surface area (Å²) in [6.07, 6.45) is 0.697. The maximum atomic E-state index is 13.2. The van der Waals surface area contributed by atoms with Crippen molar-refractivity contribution < 1.29 is 28.6 Å². The molecule has 0 radical (unpaired) electrons. The van der Waals surface area contributed by atoms with E-state index in [-0.39, 0.29) is 18.6 Å². The number of alkyl carbamates (subject to hydrolysis) is 1. The Balaban J connectivity index is 2.12. The van der Waals surface area contributed by atoms with Crippen LogP contribution in [0.5, 0.6) is 0 Å². The van der Waals surface area contributed by atoms with Gasteiger partial charge >= 0.3 is 12.2 Å². The van der Waals surface area contributed by atoms with E-state index in [9.17, 15) is 14.4 Å². The number of ether oxygens (including phenoxy) is 3. The molecular formula is C30H47N5O6Si. The molecule has 3 rings (SSSR count). The van der Waals surface area contributed by atoms with Crippen molar-refractivity contribution in [1.29, 1.82) is 0 Å². The summed E-state index contributed by atoms with van der Waals surface area (Å²) in [7, 11) is -0.00598. The summed E-state index contributed by atoms with van der Waals surface area (Å²) >= 11 is 0. The van der Waals surface area contributed by atoms with E-state index < -0.39 is 31.9 Å². The molecule has 0 unspecified atom stereocenters. The summed E-state index contributed by atoms with van der Waals surface area (Å²) < 4.78 is 18.5. The minimum atomic E-state index is -1.30. The highest BCUT2D eigenvalue weighted by molar-refractivity contribution is 6.76. The number of nitrogens with one attached hydrogen (secondary N) is 3. The van der Waals surface area contributed by atoms with Gasteiger partial charge in [-0.2, -0.15) is 0 Å². The van der Waals surface area contributed by atoms with Gasteiger partial charge in [-0.05, 0) is 64.8 Å². The van der Waals surface area contributed by atoms with Gasteiger partial charge in [-0.1, -0.05) is 33.0 Å². The lowest BCUT2D eigenvalue weighted by Gasteiger charge is -2.25. The number of aromatic nitrogens is 2. The van der Waals surface area contributed by atoms with Gasteiger partial charge in [-0.15, -0.1) is 0 Å². The second-order valence-electron chi connectivity index (χ2n) is 13.1. The first-order valence-corrected chi connectivity index (χ1v) is 18.2. The molecule has 3 amide bonds. The first-order valence-electron chi connectivity index (χ1n) is 14.5. The Morgan fingerprint density at radius 1 is 1.17 bits per heavy atom. The van der Waals surface area contributed by atoms with E-state index in [0.717, 1.165) is 11.7 Å². The predicted molar refractivity (Wildman–Crippen MR) is 166 cm³/mol. The fourth-order valence-electron chi connectivity index (χ4n) is 4.61. The first kappa shape index (κ1) is 33.1. The number of rotatable bonds is 7. The lowest BCUT2D eigenvalue weighted by molar-refractivity contribution is -0.119. The smallest absolute Gasteiger partial charge is 0.411 e. The van der Waals surface area contributed by atoms with E-state index in [1.54, 1.807) is 12.1 Å². The van der Waals surface area contributed by atoms with Crippen molar-refractivity contribution in [3.63, 3.8) is 0 Å². The van der Waals surface area contributed by atoms with Gasteiger partial charge < -0.3 is 29.4 Å². The molecular weight excluding hydrogens is 554 g/mol. The lowest BCUT2D eigenvalue weighted by atomic mass is 9.99. The Labute approximate surface area is 250 Å². The normalized spacial score (nSPS) is 17.7. The summed E-state index contributed by atoms with van der Waals surface area (Å²) in [5, 5.41) is 8.74. The van der Waals surface area contributed by atoms with Crippen LogP contribution in [0.3, 0.4) is 0 Å². The molecule has 3 N–H and O–H groups in total. The second-order valence-corrected chi connectivity index (χ2v) is 18.7. The highest BCUT2D eigenvalue weighted by Gasteiger charge is 2.29. The fourth-order valence-corrected chi connectivity index (χ4v) is 5.36. The van der Waals surface area contributed by atoms with Gasteiger partial charge in [0.25, 0.3) is 0 Å². The van der Waals surface area contributed by atoms with Gasteiger partial charge in [0.1, 0.15) is 18.2 Å². The molecule has 2 bridgehead atoms. The molecule has 0 aliphatic carbocycles. The minimum Gasteiger partial charge on any atom is -0.453 e. The summed E-state index contributed by atoms with van der Waals surface area (Å²) in [4.78, 5) is 43.1. The van der Waals surface area contributed by atoms with Crippen LogP contribution in [0.4, 0.5) is 21.0 Å². The Hall–Kier alpha value is -3.38. The van der Waals surface area contributed by atoms with Crippen LogP contribution in [0.15, 0.2) is 18.2 Å². The van der Waals surface area contributed by atoms with Crippen LogP contribution in [0.25, 0.3) is 11.3 Å². The van der Waals surface area contributed by atoms with E-state index in [2.05, 4.69) is 35.6 Å². The molecule has 2 heterocycles. The van der Waals surface area contributed by atoms with E-state index in [1.807, 2.05) is 45.3 Å². The molecule has 232 valence electrons. The number of hydrogen-bond donors (Lipinski definition) is 3. The van der Waals surface area contributed by atoms with Gasteiger partial charge in [0.2, 0.25) is 5.91 Å².